The Hall–Kier alpha value is -0.0400. The molecule has 0 aliphatic heterocycles. The summed E-state index contributed by atoms with van der Waals surface area (Å²) in [5.74, 6) is 0.949. The van der Waals surface area contributed by atoms with Crippen LogP contribution in [0, 0.1) is 11.3 Å². The number of rotatable bonds is 1. The maximum atomic E-state index is 3.30. The third-order valence-corrected chi connectivity index (χ3v) is 2.77. The normalized spacial score (nSPS) is 33.6. The average molecular weight is 141 g/mol. The predicted octanol–water partition coefficient (Wildman–Crippen LogP) is 2.03. The maximum absolute atomic E-state index is 3.30. The first-order chi connectivity index (χ1) is 4.54. The summed E-state index contributed by atoms with van der Waals surface area (Å²) >= 11 is 0. The van der Waals surface area contributed by atoms with E-state index in [0.717, 1.165) is 12.0 Å². The van der Waals surface area contributed by atoms with Gasteiger partial charge in [-0.05, 0) is 31.2 Å². The van der Waals surface area contributed by atoms with Crippen molar-refractivity contribution in [2.75, 3.05) is 7.05 Å². The lowest BCUT2D eigenvalue weighted by atomic mass is 9.66. The van der Waals surface area contributed by atoms with Gasteiger partial charge in [-0.3, -0.25) is 0 Å². The Morgan fingerprint density at radius 2 is 1.70 bits per heavy atom. The molecule has 1 fully saturated rings. The number of hydrogen-bond acceptors (Lipinski definition) is 1. The molecule has 1 N–H and O–H groups in total. The van der Waals surface area contributed by atoms with Crippen molar-refractivity contribution in [1.82, 2.24) is 5.32 Å². The molecule has 1 saturated carbocycles. The molecule has 1 rings (SSSR count). The summed E-state index contributed by atoms with van der Waals surface area (Å²) in [5, 5.41) is 3.30. The van der Waals surface area contributed by atoms with Gasteiger partial charge >= 0.3 is 0 Å². The number of nitrogens with one attached hydrogen (secondary N) is 1. The molecule has 0 heterocycles. The Bertz CT molecular complexity index is 106. The van der Waals surface area contributed by atoms with E-state index >= 15 is 0 Å². The van der Waals surface area contributed by atoms with Crippen molar-refractivity contribution in [3.05, 3.63) is 0 Å². The van der Waals surface area contributed by atoms with E-state index in [9.17, 15) is 0 Å². The molecule has 0 atom stereocenters. The van der Waals surface area contributed by atoms with Crippen molar-refractivity contribution in [1.29, 1.82) is 0 Å². The van der Waals surface area contributed by atoms with Gasteiger partial charge in [0.2, 0.25) is 0 Å². The molecule has 1 heteroatoms. The molecule has 0 radical (unpaired) electrons. The van der Waals surface area contributed by atoms with Gasteiger partial charge in [0, 0.05) is 6.04 Å². The van der Waals surface area contributed by atoms with E-state index in [1.54, 1.807) is 0 Å². The van der Waals surface area contributed by atoms with Gasteiger partial charge < -0.3 is 5.32 Å². The lowest BCUT2D eigenvalue weighted by Gasteiger charge is -2.43. The second-order valence-electron chi connectivity index (χ2n) is 4.52. The van der Waals surface area contributed by atoms with Gasteiger partial charge in [0.25, 0.3) is 0 Å². The zero-order valence-corrected chi connectivity index (χ0v) is 7.57. The molecule has 1 aliphatic carbocycles. The number of hydrogen-bond donors (Lipinski definition) is 1. The smallest absolute Gasteiger partial charge is 0.00697 e. The van der Waals surface area contributed by atoms with Crippen LogP contribution in [0.4, 0.5) is 0 Å². The molecule has 1 nitrogen and oxygen atoms in total. The second kappa shape index (κ2) is 2.54. The van der Waals surface area contributed by atoms with Crippen LogP contribution < -0.4 is 5.32 Å². The Balaban J connectivity index is 2.26. The topological polar surface area (TPSA) is 12.0 Å². The molecule has 60 valence electrons. The van der Waals surface area contributed by atoms with E-state index in [4.69, 9.17) is 0 Å². The molecular formula is C9H19N. The van der Waals surface area contributed by atoms with Crippen LogP contribution in [0.1, 0.15) is 33.6 Å². The van der Waals surface area contributed by atoms with Crippen molar-refractivity contribution in [2.45, 2.75) is 39.7 Å². The van der Waals surface area contributed by atoms with Gasteiger partial charge in [-0.25, -0.2) is 0 Å². The Labute approximate surface area is 64.2 Å². The fraction of sp³-hybridized carbons (Fsp3) is 1.00. The molecule has 0 aromatic rings. The third-order valence-electron chi connectivity index (χ3n) is 2.77. The van der Waals surface area contributed by atoms with Gasteiger partial charge in [-0.2, -0.15) is 0 Å². The molecule has 10 heavy (non-hydrogen) atoms. The SMILES string of the molecule is CNC1CC(C(C)(C)C)C1. The highest BCUT2D eigenvalue weighted by molar-refractivity contribution is 4.90. The molecule has 0 bridgehead atoms. The molecule has 0 aromatic carbocycles. The van der Waals surface area contributed by atoms with Crippen molar-refractivity contribution in [3.63, 3.8) is 0 Å². The summed E-state index contributed by atoms with van der Waals surface area (Å²) in [6.07, 6.45) is 2.75. The molecule has 1 aliphatic rings. The van der Waals surface area contributed by atoms with E-state index in [1.165, 1.54) is 12.8 Å². The largest absolute Gasteiger partial charge is 0.317 e. The zero-order chi connectivity index (χ0) is 7.78. The first-order valence-corrected chi connectivity index (χ1v) is 4.21. The average Bonchev–Trinajstić information content (AvgIpc) is 1.57. The summed E-state index contributed by atoms with van der Waals surface area (Å²) < 4.78 is 0. The van der Waals surface area contributed by atoms with Crippen LogP contribution in [-0.4, -0.2) is 13.1 Å². The molecule has 0 saturated heterocycles. The highest BCUT2D eigenvalue weighted by atomic mass is 14.9. The molecule has 0 unspecified atom stereocenters. The highest BCUT2D eigenvalue weighted by Gasteiger charge is 2.35. The summed E-state index contributed by atoms with van der Waals surface area (Å²) in [6, 6.07) is 0.809. The van der Waals surface area contributed by atoms with Crippen LogP contribution in [0.2, 0.25) is 0 Å². The first-order valence-electron chi connectivity index (χ1n) is 4.21. The van der Waals surface area contributed by atoms with Crippen LogP contribution in [0.15, 0.2) is 0 Å². The molecule has 0 spiro atoms. The van der Waals surface area contributed by atoms with E-state index in [-0.39, 0.29) is 0 Å². The van der Waals surface area contributed by atoms with E-state index in [0.29, 0.717) is 5.41 Å². The van der Waals surface area contributed by atoms with Crippen molar-refractivity contribution in [3.8, 4) is 0 Å². The van der Waals surface area contributed by atoms with Gasteiger partial charge in [0.05, 0.1) is 0 Å². The summed E-state index contributed by atoms with van der Waals surface area (Å²) in [7, 11) is 2.06. The molecular weight excluding hydrogens is 122 g/mol. The fourth-order valence-corrected chi connectivity index (χ4v) is 1.56. The Morgan fingerprint density at radius 3 is 2.00 bits per heavy atom. The first kappa shape index (κ1) is 8.06. The molecule has 0 aromatic heterocycles. The van der Waals surface area contributed by atoms with Crippen LogP contribution in [0.5, 0.6) is 0 Å². The quantitative estimate of drug-likeness (QED) is 0.589. The van der Waals surface area contributed by atoms with Crippen LogP contribution in [0.25, 0.3) is 0 Å². The fourth-order valence-electron chi connectivity index (χ4n) is 1.56. The summed E-state index contributed by atoms with van der Waals surface area (Å²) in [6.45, 7) is 7.01. The Morgan fingerprint density at radius 1 is 1.20 bits per heavy atom. The minimum Gasteiger partial charge on any atom is -0.317 e. The van der Waals surface area contributed by atoms with Crippen molar-refractivity contribution >= 4 is 0 Å². The van der Waals surface area contributed by atoms with E-state index in [2.05, 4.69) is 33.1 Å². The van der Waals surface area contributed by atoms with E-state index < -0.39 is 0 Å². The highest BCUT2D eigenvalue weighted by Crippen LogP contribution is 2.41. The minimum absolute atomic E-state index is 0.535. The second-order valence-corrected chi connectivity index (χ2v) is 4.52. The molecule has 0 amide bonds. The van der Waals surface area contributed by atoms with Gasteiger partial charge in [0.15, 0.2) is 0 Å². The van der Waals surface area contributed by atoms with Gasteiger partial charge in [0.1, 0.15) is 0 Å². The zero-order valence-electron chi connectivity index (χ0n) is 7.57. The lowest BCUT2D eigenvalue weighted by Crippen LogP contribution is -2.44. The van der Waals surface area contributed by atoms with Crippen molar-refractivity contribution in [2.24, 2.45) is 11.3 Å². The van der Waals surface area contributed by atoms with E-state index in [1.807, 2.05) is 0 Å². The predicted molar refractivity (Wildman–Crippen MR) is 45.0 cm³/mol. The van der Waals surface area contributed by atoms with Gasteiger partial charge in [-0.15, -0.1) is 0 Å². The summed E-state index contributed by atoms with van der Waals surface area (Å²) in [5.41, 5.74) is 0.535. The van der Waals surface area contributed by atoms with Crippen LogP contribution in [-0.2, 0) is 0 Å². The third kappa shape index (κ3) is 1.51. The lowest BCUT2D eigenvalue weighted by molar-refractivity contribution is 0.103. The minimum atomic E-state index is 0.535. The van der Waals surface area contributed by atoms with Crippen molar-refractivity contribution < 1.29 is 0 Å². The van der Waals surface area contributed by atoms with Crippen LogP contribution in [0.3, 0.4) is 0 Å². The standard InChI is InChI=1S/C9H19N/c1-9(2,3)7-5-8(6-7)10-4/h7-8,10H,5-6H2,1-4H3. The maximum Gasteiger partial charge on any atom is 0.00697 e. The summed E-state index contributed by atoms with van der Waals surface area (Å²) in [4.78, 5) is 0. The van der Waals surface area contributed by atoms with Gasteiger partial charge in [-0.1, -0.05) is 20.8 Å². The monoisotopic (exact) mass is 141 g/mol. The van der Waals surface area contributed by atoms with Crippen LogP contribution >= 0.6 is 0 Å². The Kier molecular flexibility index (Phi) is 2.04.